The van der Waals surface area contributed by atoms with E-state index in [1.807, 2.05) is 9.97 Å². The summed E-state index contributed by atoms with van der Waals surface area (Å²) in [4.78, 5) is 37.5. The highest BCUT2D eigenvalue weighted by Gasteiger charge is 2.29. The molecule has 102 valence electrons. The zero-order valence-corrected chi connectivity index (χ0v) is 10.3. The molecular formula is C9H15N3O6. The Labute approximate surface area is 101 Å². The van der Waals surface area contributed by atoms with Crippen LogP contribution in [0.5, 0.6) is 0 Å². The van der Waals surface area contributed by atoms with Crippen molar-refractivity contribution in [2.24, 2.45) is 0 Å². The molecule has 1 heterocycles. The van der Waals surface area contributed by atoms with Crippen molar-refractivity contribution >= 4 is 0 Å². The smallest absolute Gasteiger partial charge is 0.331 e. The van der Waals surface area contributed by atoms with Crippen molar-refractivity contribution in [2.45, 2.75) is 18.9 Å². The maximum absolute atomic E-state index is 11.4. The Morgan fingerprint density at radius 2 is 1.44 bits per heavy atom. The normalized spacial score (nSPS) is 11.7. The third-order valence-electron chi connectivity index (χ3n) is 2.51. The van der Waals surface area contributed by atoms with Crippen LogP contribution in [0.15, 0.2) is 14.4 Å². The fourth-order valence-corrected chi connectivity index (χ4v) is 1.46. The number of nitrogens with zero attached hydrogens (tertiary/aromatic N) is 1. The molecule has 0 saturated carbocycles. The van der Waals surface area contributed by atoms with E-state index in [1.54, 1.807) is 0 Å². The average Bonchev–Trinajstić information content (AvgIpc) is 2.33. The van der Waals surface area contributed by atoms with Gasteiger partial charge < -0.3 is 14.2 Å². The van der Waals surface area contributed by atoms with Gasteiger partial charge in [-0.2, -0.15) is 0 Å². The minimum Gasteiger partial charge on any atom is -0.331 e. The van der Waals surface area contributed by atoms with Gasteiger partial charge in [0.15, 0.2) is 0 Å². The number of hydrogen-bond donors (Lipinski definition) is 2. The van der Waals surface area contributed by atoms with Gasteiger partial charge in [0.05, 0.1) is 0 Å². The topological polar surface area (TPSA) is 115 Å². The van der Waals surface area contributed by atoms with Crippen LogP contribution in [0.1, 0.15) is 6.42 Å². The summed E-state index contributed by atoms with van der Waals surface area (Å²) in [5.41, 5.74) is -2.46. The van der Waals surface area contributed by atoms with E-state index in [0.29, 0.717) is 0 Å². The van der Waals surface area contributed by atoms with E-state index in [9.17, 15) is 14.4 Å². The highest BCUT2D eigenvalue weighted by atomic mass is 16.9. The van der Waals surface area contributed by atoms with Crippen molar-refractivity contribution in [3.05, 3.63) is 31.5 Å². The molecule has 0 aliphatic heterocycles. The lowest BCUT2D eigenvalue weighted by Crippen LogP contribution is -2.45. The summed E-state index contributed by atoms with van der Waals surface area (Å²) >= 11 is 0. The first-order chi connectivity index (χ1) is 8.48. The van der Waals surface area contributed by atoms with Crippen molar-refractivity contribution in [1.29, 1.82) is 0 Å². The molecule has 0 aliphatic rings. The Morgan fingerprint density at radius 3 is 1.83 bits per heavy atom. The molecule has 0 unspecified atom stereocenters. The van der Waals surface area contributed by atoms with E-state index >= 15 is 0 Å². The van der Waals surface area contributed by atoms with Gasteiger partial charge in [-0.05, 0) is 0 Å². The van der Waals surface area contributed by atoms with E-state index in [4.69, 9.17) is 14.2 Å². The summed E-state index contributed by atoms with van der Waals surface area (Å²) in [6.45, 7) is -0.0412. The van der Waals surface area contributed by atoms with Gasteiger partial charge in [0.25, 0.3) is 5.97 Å². The molecule has 1 aromatic heterocycles. The molecule has 0 radical (unpaired) electrons. The van der Waals surface area contributed by atoms with Gasteiger partial charge in [0.1, 0.15) is 0 Å². The third-order valence-corrected chi connectivity index (χ3v) is 2.51. The molecule has 0 bridgehead atoms. The predicted octanol–water partition coefficient (Wildman–Crippen LogP) is -1.79. The van der Waals surface area contributed by atoms with E-state index in [1.165, 1.54) is 21.3 Å². The van der Waals surface area contributed by atoms with Gasteiger partial charge in [0, 0.05) is 34.3 Å². The minimum absolute atomic E-state index is 0.0412. The molecule has 0 fully saturated rings. The highest BCUT2D eigenvalue weighted by molar-refractivity contribution is 4.70. The molecule has 18 heavy (non-hydrogen) atoms. The summed E-state index contributed by atoms with van der Waals surface area (Å²) in [5.74, 6) is -1.35. The van der Waals surface area contributed by atoms with Crippen LogP contribution in [0.4, 0.5) is 0 Å². The number of aromatic amines is 2. The SMILES string of the molecule is COC(CCn1c(=O)[nH]c(=O)[nH]c1=O)(OC)OC. The fourth-order valence-electron chi connectivity index (χ4n) is 1.46. The lowest BCUT2D eigenvalue weighted by Gasteiger charge is -2.28. The molecule has 0 atom stereocenters. The van der Waals surface area contributed by atoms with Crippen molar-refractivity contribution < 1.29 is 14.2 Å². The van der Waals surface area contributed by atoms with Crippen LogP contribution in [-0.2, 0) is 20.8 Å². The zero-order valence-electron chi connectivity index (χ0n) is 10.3. The van der Waals surface area contributed by atoms with Crippen LogP contribution < -0.4 is 17.1 Å². The maximum atomic E-state index is 11.4. The molecule has 1 rings (SSSR count). The number of hydrogen-bond acceptors (Lipinski definition) is 6. The molecule has 0 aliphatic carbocycles. The van der Waals surface area contributed by atoms with Gasteiger partial charge in [0.2, 0.25) is 0 Å². The van der Waals surface area contributed by atoms with Gasteiger partial charge in [-0.25, -0.2) is 19.0 Å². The summed E-state index contributed by atoms with van der Waals surface area (Å²) in [7, 11) is 4.10. The Morgan fingerprint density at radius 1 is 1.00 bits per heavy atom. The standard InChI is InChI=1S/C9H15N3O6/c1-16-9(17-2,18-3)4-5-12-7(14)10-6(13)11-8(12)15/h4-5H2,1-3H3,(H2,10,11,13,14,15). The summed E-state index contributed by atoms with van der Waals surface area (Å²) in [6, 6.07) is 0. The van der Waals surface area contributed by atoms with Gasteiger partial charge >= 0.3 is 17.1 Å². The second-order valence-corrected chi connectivity index (χ2v) is 3.39. The second-order valence-electron chi connectivity index (χ2n) is 3.39. The van der Waals surface area contributed by atoms with Crippen molar-refractivity contribution in [3.63, 3.8) is 0 Å². The van der Waals surface area contributed by atoms with E-state index in [-0.39, 0.29) is 13.0 Å². The molecule has 0 amide bonds. The Hall–Kier alpha value is -1.71. The fraction of sp³-hybridized carbons (Fsp3) is 0.667. The first kappa shape index (κ1) is 14.4. The number of rotatable bonds is 6. The number of aromatic nitrogens is 3. The summed E-state index contributed by atoms with van der Waals surface area (Å²) in [6.07, 6.45) is 0.0888. The Kier molecular flexibility index (Phi) is 4.59. The lowest BCUT2D eigenvalue weighted by molar-refractivity contribution is -0.356. The number of H-pyrrole nitrogens is 2. The maximum Gasteiger partial charge on any atom is 0.333 e. The van der Waals surface area contributed by atoms with Crippen molar-refractivity contribution in [2.75, 3.05) is 21.3 Å². The third kappa shape index (κ3) is 2.94. The van der Waals surface area contributed by atoms with Crippen molar-refractivity contribution in [1.82, 2.24) is 14.5 Å². The summed E-state index contributed by atoms with van der Waals surface area (Å²) < 4.78 is 15.9. The monoisotopic (exact) mass is 261 g/mol. The van der Waals surface area contributed by atoms with Crippen LogP contribution in [0.25, 0.3) is 0 Å². The largest absolute Gasteiger partial charge is 0.333 e. The van der Waals surface area contributed by atoms with Crippen LogP contribution in [-0.4, -0.2) is 41.8 Å². The molecule has 0 spiro atoms. The van der Waals surface area contributed by atoms with E-state index in [0.717, 1.165) is 4.57 Å². The lowest BCUT2D eigenvalue weighted by atomic mass is 10.3. The number of nitrogens with one attached hydrogen (secondary N) is 2. The van der Waals surface area contributed by atoms with Crippen molar-refractivity contribution in [3.8, 4) is 0 Å². The van der Waals surface area contributed by atoms with E-state index in [2.05, 4.69) is 0 Å². The highest BCUT2D eigenvalue weighted by Crippen LogP contribution is 2.17. The Bertz CT molecular complexity index is 510. The summed E-state index contributed by atoms with van der Waals surface area (Å²) in [5, 5.41) is 0. The molecule has 9 nitrogen and oxygen atoms in total. The van der Waals surface area contributed by atoms with Crippen LogP contribution in [0.2, 0.25) is 0 Å². The average molecular weight is 261 g/mol. The molecule has 2 N–H and O–H groups in total. The number of ether oxygens (including phenoxy) is 3. The first-order valence-corrected chi connectivity index (χ1v) is 5.07. The van der Waals surface area contributed by atoms with E-state index < -0.39 is 23.0 Å². The molecule has 9 heteroatoms. The Balaban J connectivity index is 2.97. The van der Waals surface area contributed by atoms with Gasteiger partial charge in [-0.1, -0.05) is 0 Å². The second kappa shape index (κ2) is 5.76. The van der Waals surface area contributed by atoms with Gasteiger partial charge in [-0.15, -0.1) is 0 Å². The first-order valence-electron chi connectivity index (χ1n) is 5.07. The van der Waals surface area contributed by atoms with Gasteiger partial charge in [-0.3, -0.25) is 9.97 Å². The van der Waals surface area contributed by atoms with Crippen LogP contribution in [0, 0.1) is 0 Å². The zero-order chi connectivity index (χ0) is 13.8. The van der Waals surface area contributed by atoms with Crippen LogP contribution >= 0.6 is 0 Å². The molecule has 0 saturated heterocycles. The minimum atomic E-state index is -1.35. The quantitative estimate of drug-likeness (QED) is 0.584. The predicted molar refractivity (Wildman–Crippen MR) is 60.3 cm³/mol. The molecular weight excluding hydrogens is 246 g/mol. The van der Waals surface area contributed by atoms with Crippen LogP contribution in [0.3, 0.4) is 0 Å². The molecule has 1 aromatic rings. The number of methoxy groups -OCH3 is 3. The molecule has 0 aromatic carbocycles.